The first-order valence-electron chi connectivity index (χ1n) is 7.88. The van der Waals surface area contributed by atoms with Crippen molar-refractivity contribution in [3.63, 3.8) is 0 Å². The largest absolute Gasteiger partial charge is 0.381 e. The van der Waals surface area contributed by atoms with E-state index in [0.717, 1.165) is 45.7 Å². The molecule has 0 spiro atoms. The minimum absolute atomic E-state index is 0.103. The quantitative estimate of drug-likeness (QED) is 0.810. The lowest BCUT2D eigenvalue weighted by Gasteiger charge is -2.37. The third-order valence-corrected chi connectivity index (χ3v) is 5.30. The third kappa shape index (κ3) is 2.65. The molecule has 2 aliphatic heterocycles. The number of amides is 1. The van der Waals surface area contributed by atoms with Gasteiger partial charge in [-0.2, -0.15) is 0 Å². The molecule has 2 saturated heterocycles. The van der Waals surface area contributed by atoms with Gasteiger partial charge < -0.3 is 15.4 Å². The number of hydrogen-bond acceptors (Lipinski definition) is 3. The van der Waals surface area contributed by atoms with Gasteiger partial charge in [-0.25, -0.2) is 0 Å². The standard InChI is InChI=1S/C15H26N2O2/c18-14(17-8-12-4-3-7-19-10-12)15-6-2-1-5-13(15)9-16-11-15/h12-13,16H,1-11H2,(H,17,18)/t12?,13-,15+/m0/s1. The highest BCUT2D eigenvalue weighted by Crippen LogP contribution is 2.43. The molecule has 1 amide bonds. The Morgan fingerprint density at radius 2 is 2.26 bits per heavy atom. The van der Waals surface area contributed by atoms with Gasteiger partial charge in [0.15, 0.2) is 0 Å². The molecular formula is C15H26N2O2. The molecule has 0 aromatic heterocycles. The fourth-order valence-corrected chi connectivity index (χ4v) is 4.07. The number of rotatable bonds is 3. The first-order valence-corrected chi connectivity index (χ1v) is 7.88. The summed E-state index contributed by atoms with van der Waals surface area (Å²) in [7, 11) is 0. The maximum absolute atomic E-state index is 12.7. The van der Waals surface area contributed by atoms with Gasteiger partial charge in [0.05, 0.1) is 12.0 Å². The Hall–Kier alpha value is -0.610. The summed E-state index contributed by atoms with van der Waals surface area (Å²) in [6.07, 6.45) is 7.10. The van der Waals surface area contributed by atoms with Gasteiger partial charge in [0.25, 0.3) is 0 Å². The Labute approximate surface area is 115 Å². The molecule has 3 rings (SSSR count). The summed E-state index contributed by atoms with van der Waals surface area (Å²) in [4.78, 5) is 12.7. The van der Waals surface area contributed by atoms with Crippen molar-refractivity contribution in [3.8, 4) is 0 Å². The van der Waals surface area contributed by atoms with Crippen LogP contribution < -0.4 is 10.6 Å². The van der Waals surface area contributed by atoms with Crippen molar-refractivity contribution in [1.29, 1.82) is 0 Å². The Kier molecular flexibility index (Phi) is 4.08. The van der Waals surface area contributed by atoms with Crippen molar-refractivity contribution in [3.05, 3.63) is 0 Å². The van der Waals surface area contributed by atoms with Crippen LogP contribution in [0.15, 0.2) is 0 Å². The predicted molar refractivity (Wildman–Crippen MR) is 73.8 cm³/mol. The molecule has 0 aromatic carbocycles. The average molecular weight is 266 g/mol. The third-order valence-electron chi connectivity index (χ3n) is 5.30. The van der Waals surface area contributed by atoms with Gasteiger partial charge in [0.2, 0.25) is 5.91 Å². The van der Waals surface area contributed by atoms with Crippen LogP contribution in [0.2, 0.25) is 0 Å². The molecule has 3 aliphatic rings. The van der Waals surface area contributed by atoms with Crippen LogP contribution in [0.1, 0.15) is 38.5 Å². The van der Waals surface area contributed by atoms with E-state index in [0.29, 0.717) is 17.7 Å². The van der Waals surface area contributed by atoms with E-state index >= 15 is 0 Å². The number of nitrogens with one attached hydrogen (secondary N) is 2. The van der Waals surface area contributed by atoms with Crippen LogP contribution in [0, 0.1) is 17.3 Å². The van der Waals surface area contributed by atoms with Crippen molar-refractivity contribution in [2.24, 2.45) is 17.3 Å². The number of ether oxygens (including phenoxy) is 1. The van der Waals surface area contributed by atoms with Crippen LogP contribution in [0.4, 0.5) is 0 Å². The zero-order valence-electron chi connectivity index (χ0n) is 11.7. The lowest BCUT2D eigenvalue weighted by Crippen LogP contribution is -2.49. The van der Waals surface area contributed by atoms with E-state index in [1.165, 1.54) is 25.7 Å². The maximum atomic E-state index is 12.7. The Bertz CT molecular complexity index is 328. The average Bonchev–Trinajstić information content (AvgIpc) is 2.91. The summed E-state index contributed by atoms with van der Waals surface area (Å²) in [5.74, 6) is 1.38. The summed E-state index contributed by atoms with van der Waals surface area (Å²) in [6.45, 7) is 4.41. The zero-order chi connectivity index (χ0) is 13.1. The smallest absolute Gasteiger partial charge is 0.227 e. The highest BCUT2D eigenvalue weighted by atomic mass is 16.5. The first kappa shape index (κ1) is 13.4. The molecule has 3 fully saturated rings. The van der Waals surface area contributed by atoms with Crippen LogP contribution in [0.5, 0.6) is 0 Å². The van der Waals surface area contributed by atoms with Crippen LogP contribution in [-0.4, -0.2) is 38.8 Å². The molecule has 3 atom stereocenters. The summed E-state index contributed by atoms with van der Waals surface area (Å²) in [5.41, 5.74) is -0.103. The first-order chi connectivity index (χ1) is 9.31. The van der Waals surface area contributed by atoms with E-state index in [9.17, 15) is 4.79 Å². The molecular weight excluding hydrogens is 240 g/mol. The van der Waals surface area contributed by atoms with Gasteiger partial charge in [0.1, 0.15) is 0 Å². The molecule has 0 radical (unpaired) electrons. The Morgan fingerprint density at radius 1 is 1.32 bits per heavy atom. The minimum atomic E-state index is -0.103. The molecule has 4 nitrogen and oxygen atoms in total. The van der Waals surface area contributed by atoms with E-state index < -0.39 is 0 Å². The maximum Gasteiger partial charge on any atom is 0.227 e. The van der Waals surface area contributed by atoms with E-state index in [2.05, 4.69) is 10.6 Å². The zero-order valence-corrected chi connectivity index (χ0v) is 11.7. The lowest BCUT2D eigenvalue weighted by atomic mass is 9.67. The van der Waals surface area contributed by atoms with Gasteiger partial charge >= 0.3 is 0 Å². The van der Waals surface area contributed by atoms with Gasteiger partial charge in [-0.1, -0.05) is 12.8 Å². The molecule has 2 N–H and O–H groups in total. The van der Waals surface area contributed by atoms with Gasteiger partial charge in [-0.05, 0) is 44.1 Å². The van der Waals surface area contributed by atoms with Crippen molar-refractivity contribution in [2.75, 3.05) is 32.8 Å². The molecule has 19 heavy (non-hydrogen) atoms. The lowest BCUT2D eigenvalue weighted by molar-refractivity contribution is -0.134. The van der Waals surface area contributed by atoms with E-state index in [1.54, 1.807) is 0 Å². The predicted octanol–water partition coefficient (Wildman–Crippen LogP) is 1.31. The summed E-state index contributed by atoms with van der Waals surface area (Å²) < 4.78 is 5.48. The summed E-state index contributed by atoms with van der Waals surface area (Å²) >= 11 is 0. The van der Waals surface area contributed by atoms with Gasteiger partial charge in [0, 0.05) is 19.7 Å². The molecule has 1 saturated carbocycles. The number of carbonyl (C=O) groups is 1. The number of fused-ring (bicyclic) bond motifs is 1. The van der Waals surface area contributed by atoms with E-state index in [-0.39, 0.29) is 5.41 Å². The van der Waals surface area contributed by atoms with Gasteiger partial charge in [-0.3, -0.25) is 4.79 Å². The monoisotopic (exact) mass is 266 g/mol. The fraction of sp³-hybridized carbons (Fsp3) is 0.933. The number of hydrogen-bond donors (Lipinski definition) is 2. The van der Waals surface area contributed by atoms with Crippen LogP contribution >= 0.6 is 0 Å². The topological polar surface area (TPSA) is 50.4 Å². The molecule has 0 aromatic rings. The van der Waals surface area contributed by atoms with Crippen molar-refractivity contribution < 1.29 is 9.53 Å². The summed E-state index contributed by atoms with van der Waals surface area (Å²) in [5, 5.41) is 6.66. The molecule has 4 heteroatoms. The summed E-state index contributed by atoms with van der Waals surface area (Å²) in [6, 6.07) is 0. The van der Waals surface area contributed by atoms with Crippen molar-refractivity contribution >= 4 is 5.91 Å². The highest BCUT2D eigenvalue weighted by Gasteiger charge is 2.49. The minimum Gasteiger partial charge on any atom is -0.381 e. The molecule has 0 bridgehead atoms. The van der Waals surface area contributed by atoms with E-state index in [1.807, 2.05) is 0 Å². The molecule has 1 aliphatic carbocycles. The van der Waals surface area contributed by atoms with Crippen LogP contribution in [-0.2, 0) is 9.53 Å². The van der Waals surface area contributed by atoms with Gasteiger partial charge in [-0.15, -0.1) is 0 Å². The molecule has 1 unspecified atom stereocenters. The van der Waals surface area contributed by atoms with Crippen molar-refractivity contribution in [2.45, 2.75) is 38.5 Å². The van der Waals surface area contributed by atoms with E-state index in [4.69, 9.17) is 4.74 Å². The Balaban J connectivity index is 1.56. The SMILES string of the molecule is O=C(NCC1CCCOC1)[C@@]12CCCC[C@H]1CNC2. The fourth-order valence-electron chi connectivity index (χ4n) is 4.07. The second-order valence-electron chi connectivity index (χ2n) is 6.52. The second-order valence-corrected chi connectivity index (χ2v) is 6.52. The Morgan fingerprint density at radius 3 is 3.11 bits per heavy atom. The number of carbonyl (C=O) groups excluding carboxylic acids is 1. The van der Waals surface area contributed by atoms with Crippen LogP contribution in [0.25, 0.3) is 0 Å². The normalized spacial score (nSPS) is 38.7. The highest BCUT2D eigenvalue weighted by molar-refractivity contribution is 5.83. The van der Waals surface area contributed by atoms with Crippen molar-refractivity contribution in [1.82, 2.24) is 10.6 Å². The second kappa shape index (κ2) is 5.80. The van der Waals surface area contributed by atoms with Crippen LogP contribution in [0.3, 0.4) is 0 Å². The molecule has 2 heterocycles. The molecule has 108 valence electrons.